The van der Waals surface area contributed by atoms with Crippen LogP contribution in [0.15, 0.2) is 30.8 Å². The molecule has 13 heavy (non-hydrogen) atoms. The first kappa shape index (κ1) is 9.81. The van der Waals surface area contributed by atoms with Crippen LogP contribution in [0.2, 0.25) is 0 Å². The second-order valence-corrected chi connectivity index (χ2v) is 2.72. The molecule has 0 radical (unpaired) electrons. The van der Waals surface area contributed by atoms with Crippen LogP contribution in [0.25, 0.3) is 5.76 Å². The van der Waals surface area contributed by atoms with Crippen LogP contribution < -0.4 is 5.73 Å². The van der Waals surface area contributed by atoms with Crippen LogP contribution in [0, 0.1) is 0 Å². The smallest absolute Gasteiger partial charge is 0.119 e. The van der Waals surface area contributed by atoms with E-state index in [4.69, 9.17) is 10.5 Å². The molecular formula is C11H15NO. The van der Waals surface area contributed by atoms with Gasteiger partial charge in [0.2, 0.25) is 0 Å². The van der Waals surface area contributed by atoms with Gasteiger partial charge in [0.15, 0.2) is 0 Å². The summed E-state index contributed by atoms with van der Waals surface area (Å²) in [4.78, 5) is 0. The molecule has 0 unspecified atom stereocenters. The fourth-order valence-corrected chi connectivity index (χ4v) is 1.22. The van der Waals surface area contributed by atoms with E-state index < -0.39 is 0 Å². The molecule has 0 aromatic heterocycles. The number of hydrogen-bond donors (Lipinski definition) is 1. The van der Waals surface area contributed by atoms with Crippen LogP contribution in [0.5, 0.6) is 0 Å². The molecule has 0 atom stereocenters. The minimum atomic E-state index is 0.516. The molecule has 0 saturated heterocycles. The van der Waals surface area contributed by atoms with Gasteiger partial charge in [-0.3, -0.25) is 0 Å². The van der Waals surface area contributed by atoms with Crippen LogP contribution in [-0.2, 0) is 11.3 Å². The Morgan fingerprint density at radius 3 is 2.77 bits per heavy atom. The molecule has 0 bridgehead atoms. The van der Waals surface area contributed by atoms with Crippen molar-refractivity contribution in [3.8, 4) is 0 Å². The maximum Gasteiger partial charge on any atom is 0.119 e. The van der Waals surface area contributed by atoms with Crippen molar-refractivity contribution in [3.05, 3.63) is 42.0 Å². The Hall–Kier alpha value is -1.28. The zero-order valence-corrected chi connectivity index (χ0v) is 7.92. The van der Waals surface area contributed by atoms with Gasteiger partial charge in [0.1, 0.15) is 5.76 Å². The van der Waals surface area contributed by atoms with E-state index in [1.165, 1.54) is 0 Å². The Labute approximate surface area is 79.0 Å². The topological polar surface area (TPSA) is 35.2 Å². The molecule has 1 aromatic carbocycles. The highest BCUT2D eigenvalue weighted by atomic mass is 16.5. The number of nitrogens with two attached hydrogens (primary N) is 1. The molecule has 0 heterocycles. The summed E-state index contributed by atoms with van der Waals surface area (Å²) in [7, 11) is 0. The first-order valence-electron chi connectivity index (χ1n) is 4.39. The van der Waals surface area contributed by atoms with Gasteiger partial charge < -0.3 is 10.5 Å². The summed E-state index contributed by atoms with van der Waals surface area (Å²) in [5, 5.41) is 0. The second-order valence-electron chi connectivity index (χ2n) is 2.72. The lowest BCUT2D eigenvalue weighted by atomic mass is 10.1. The van der Waals surface area contributed by atoms with Gasteiger partial charge in [0.05, 0.1) is 6.61 Å². The highest BCUT2D eigenvalue weighted by Gasteiger charge is 2.03. The van der Waals surface area contributed by atoms with Crippen LogP contribution >= 0.6 is 0 Å². The molecule has 2 N–H and O–H groups in total. The summed E-state index contributed by atoms with van der Waals surface area (Å²) in [6.45, 7) is 6.94. The molecule has 0 aliphatic heterocycles. The van der Waals surface area contributed by atoms with Gasteiger partial charge in [-0.05, 0) is 12.5 Å². The molecule has 0 spiro atoms. The summed E-state index contributed by atoms with van der Waals surface area (Å²) < 4.78 is 5.32. The SMILES string of the molecule is C=C(OCC)c1ccccc1CN. The highest BCUT2D eigenvalue weighted by molar-refractivity contribution is 5.60. The lowest BCUT2D eigenvalue weighted by molar-refractivity contribution is 0.299. The van der Waals surface area contributed by atoms with E-state index in [9.17, 15) is 0 Å². The van der Waals surface area contributed by atoms with Crippen LogP contribution in [-0.4, -0.2) is 6.61 Å². The number of benzene rings is 1. The van der Waals surface area contributed by atoms with Crippen molar-refractivity contribution in [1.82, 2.24) is 0 Å². The van der Waals surface area contributed by atoms with Crippen molar-refractivity contribution < 1.29 is 4.74 Å². The van der Waals surface area contributed by atoms with Crippen LogP contribution in [0.1, 0.15) is 18.1 Å². The van der Waals surface area contributed by atoms with Crippen molar-refractivity contribution in [2.75, 3.05) is 6.61 Å². The molecule has 70 valence electrons. The molecule has 2 heteroatoms. The first-order chi connectivity index (χ1) is 6.29. The maximum atomic E-state index is 5.59. The maximum absolute atomic E-state index is 5.59. The molecule has 0 saturated carbocycles. The van der Waals surface area contributed by atoms with Gasteiger partial charge in [0.25, 0.3) is 0 Å². The van der Waals surface area contributed by atoms with E-state index in [1.54, 1.807) is 0 Å². The minimum Gasteiger partial charge on any atom is -0.494 e. The van der Waals surface area contributed by atoms with Crippen LogP contribution in [0.4, 0.5) is 0 Å². The predicted molar refractivity (Wildman–Crippen MR) is 55.0 cm³/mol. The number of hydrogen-bond acceptors (Lipinski definition) is 2. The third-order valence-corrected chi connectivity index (χ3v) is 1.86. The summed E-state index contributed by atoms with van der Waals surface area (Å²) in [5.41, 5.74) is 7.66. The van der Waals surface area contributed by atoms with E-state index in [1.807, 2.05) is 31.2 Å². The van der Waals surface area contributed by atoms with Crippen LogP contribution in [0.3, 0.4) is 0 Å². The van der Waals surface area contributed by atoms with E-state index in [0.29, 0.717) is 18.9 Å². The summed E-state index contributed by atoms with van der Waals surface area (Å²) in [6.07, 6.45) is 0. The molecule has 2 nitrogen and oxygen atoms in total. The normalized spacial score (nSPS) is 9.69. The third kappa shape index (κ3) is 2.33. The fraction of sp³-hybridized carbons (Fsp3) is 0.273. The molecular weight excluding hydrogens is 162 g/mol. The quantitative estimate of drug-likeness (QED) is 0.715. The third-order valence-electron chi connectivity index (χ3n) is 1.86. The molecule has 0 aliphatic rings. The Kier molecular flexibility index (Phi) is 3.53. The van der Waals surface area contributed by atoms with Gasteiger partial charge in [-0.1, -0.05) is 30.8 Å². The van der Waals surface area contributed by atoms with E-state index in [0.717, 1.165) is 11.1 Å². The van der Waals surface area contributed by atoms with Gasteiger partial charge in [-0.15, -0.1) is 0 Å². The largest absolute Gasteiger partial charge is 0.494 e. The lowest BCUT2D eigenvalue weighted by Gasteiger charge is -2.10. The Morgan fingerprint density at radius 2 is 2.15 bits per heavy atom. The van der Waals surface area contributed by atoms with Crippen molar-refractivity contribution >= 4 is 5.76 Å². The van der Waals surface area contributed by atoms with Crippen molar-refractivity contribution in [3.63, 3.8) is 0 Å². The molecule has 0 fully saturated rings. The Balaban J connectivity index is 2.92. The first-order valence-corrected chi connectivity index (χ1v) is 4.39. The van der Waals surface area contributed by atoms with E-state index in [-0.39, 0.29) is 0 Å². The summed E-state index contributed by atoms with van der Waals surface area (Å²) in [6, 6.07) is 7.88. The average molecular weight is 177 g/mol. The van der Waals surface area contributed by atoms with E-state index >= 15 is 0 Å². The van der Waals surface area contributed by atoms with Gasteiger partial charge in [0, 0.05) is 12.1 Å². The average Bonchev–Trinajstić information content (AvgIpc) is 2.18. The van der Waals surface area contributed by atoms with E-state index in [2.05, 4.69) is 6.58 Å². The number of rotatable bonds is 4. The van der Waals surface area contributed by atoms with Crippen molar-refractivity contribution in [1.29, 1.82) is 0 Å². The minimum absolute atomic E-state index is 0.516. The zero-order valence-electron chi connectivity index (χ0n) is 7.92. The van der Waals surface area contributed by atoms with Crippen molar-refractivity contribution in [2.24, 2.45) is 5.73 Å². The monoisotopic (exact) mass is 177 g/mol. The lowest BCUT2D eigenvalue weighted by Crippen LogP contribution is -2.01. The molecule has 1 rings (SSSR count). The standard InChI is InChI=1S/C11H15NO/c1-3-13-9(2)11-7-5-4-6-10(11)8-12/h4-7H,2-3,8,12H2,1H3. The zero-order chi connectivity index (χ0) is 9.68. The fourth-order valence-electron chi connectivity index (χ4n) is 1.22. The number of ether oxygens (including phenoxy) is 1. The Bertz CT molecular complexity index is 294. The van der Waals surface area contributed by atoms with Gasteiger partial charge in [-0.2, -0.15) is 0 Å². The van der Waals surface area contributed by atoms with Gasteiger partial charge >= 0.3 is 0 Å². The van der Waals surface area contributed by atoms with Gasteiger partial charge in [-0.25, -0.2) is 0 Å². The Morgan fingerprint density at radius 1 is 1.46 bits per heavy atom. The predicted octanol–water partition coefficient (Wildman–Crippen LogP) is 2.15. The molecule has 0 amide bonds. The molecule has 0 aliphatic carbocycles. The van der Waals surface area contributed by atoms with Crippen molar-refractivity contribution in [2.45, 2.75) is 13.5 Å². The summed E-state index contributed by atoms with van der Waals surface area (Å²) >= 11 is 0. The molecule has 1 aromatic rings. The highest BCUT2D eigenvalue weighted by Crippen LogP contribution is 2.17. The summed E-state index contributed by atoms with van der Waals surface area (Å²) in [5.74, 6) is 0.698. The second kappa shape index (κ2) is 4.67.